The monoisotopic (exact) mass is 468 g/mol. The van der Waals surface area contributed by atoms with E-state index in [0.29, 0.717) is 17.6 Å². The molecule has 1 aliphatic heterocycles. The number of aliphatic hydroxyl groups is 2. The Hall–Kier alpha value is -1.83. The molecule has 6 atom stereocenters. The van der Waals surface area contributed by atoms with E-state index in [1.165, 1.54) is 7.11 Å². The highest BCUT2D eigenvalue weighted by atomic mass is 19.2. The van der Waals surface area contributed by atoms with Gasteiger partial charge in [-0.05, 0) is 30.0 Å². The number of fused-ring (bicyclic) bond motifs is 2. The molecule has 0 aliphatic carbocycles. The Morgan fingerprint density at radius 2 is 2.03 bits per heavy atom. The number of hydrogen-bond acceptors (Lipinski definition) is 5. The number of ether oxygens (including phenoxy) is 2. The molecule has 186 valence electrons. The van der Waals surface area contributed by atoms with Crippen LogP contribution in [-0.2, 0) is 26.1 Å². The number of aliphatic hydroxyl groups excluding tert-OH is 2. The highest BCUT2D eigenvalue weighted by Crippen LogP contribution is 2.33. The van der Waals surface area contributed by atoms with Crippen LogP contribution in [0.25, 0.3) is 0 Å². The topological polar surface area (TPSA) is 76.0 Å². The minimum Gasteiger partial charge on any atom is -0.456 e. The van der Waals surface area contributed by atoms with Crippen molar-refractivity contribution >= 4 is 5.97 Å². The standard InChI is InChI=1S/C26H38F2O5/c1-6-17(15-29)10-16(2)22-13-20(32-5)14-23(30)26(3,4)19-9-7-8-18(11-19)12-21(27)24(28)25(31)33-22/h7-11,17,20-24,29-30H,6,12-15H2,1-5H3/b16-10-/t17-,20-,21?,22?,23+,24+/m1/s1. The van der Waals surface area contributed by atoms with Gasteiger partial charge in [-0.15, -0.1) is 0 Å². The third-order valence-corrected chi connectivity index (χ3v) is 6.80. The van der Waals surface area contributed by atoms with Crippen LogP contribution in [-0.4, -0.2) is 60.6 Å². The Bertz CT molecular complexity index is 806. The molecule has 1 aliphatic rings. The second-order valence-electron chi connectivity index (χ2n) is 9.58. The predicted octanol–water partition coefficient (Wildman–Crippen LogP) is 4.23. The third-order valence-electron chi connectivity index (χ3n) is 6.80. The maximum atomic E-state index is 14.8. The fraction of sp³-hybridized carbons (Fsp3) is 0.654. The van der Waals surface area contributed by atoms with E-state index in [4.69, 9.17) is 9.47 Å². The number of halogens is 2. The Morgan fingerprint density at radius 3 is 2.64 bits per heavy atom. The van der Waals surface area contributed by atoms with E-state index < -0.39 is 42.0 Å². The molecule has 7 heteroatoms. The van der Waals surface area contributed by atoms with Gasteiger partial charge in [0.25, 0.3) is 0 Å². The summed E-state index contributed by atoms with van der Waals surface area (Å²) in [6.07, 6.45) is -4.04. The molecule has 0 spiro atoms. The van der Waals surface area contributed by atoms with Crippen LogP contribution >= 0.6 is 0 Å². The van der Waals surface area contributed by atoms with Crippen molar-refractivity contribution in [1.29, 1.82) is 0 Å². The predicted molar refractivity (Wildman–Crippen MR) is 124 cm³/mol. The molecule has 2 bridgehead atoms. The van der Waals surface area contributed by atoms with Gasteiger partial charge in [-0.1, -0.05) is 51.1 Å². The summed E-state index contributed by atoms with van der Waals surface area (Å²) in [5.74, 6) is -1.41. The van der Waals surface area contributed by atoms with Crippen LogP contribution in [0.15, 0.2) is 35.9 Å². The van der Waals surface area contributed by atoms with Crippen LogP contribution in [0, 0.1) is 5.92 Å². The SMILES string of the molecule is CC[C@H](/C=C(/C)C1C[C@@H](OC)C[C@H](O)C(C)(C)c2cccc(c2)CC(F)[C@H](F)C(=O)O1)CO. The van der Waals surface area contributed by atoms with Gasteiger partial charge in [-0.2, -0.15) is 0 Å². The van der Waals surface area contributed by atoms with Crippen LogP contribution in [0.1, 0.15) is 58.1 Å². The first-order chi connectivity index (χ1) is 15.5. The smallest absolute Gasteiger partial charge is 0.344 e. The number of hydrogen-bond donors (Lipinski definition) is 2. The van der Waals surface area contributed by atoms with Gasteiger partial charge in [-0.25, -0.2) is 13.6 Å². The summed E-state index contributed by atoms with van der Waals surface area (Å²) in [4.78, 5) is 12.5. The third kappa shape index (κ3) is 7.08. The largest absolute Gasteiger partial charge is 0.456 e. The van der Waals surface area contributed by atoms with Gasteiger partial charge in [-0.3, -0.25) is 0 Å². The molecule has 0 saturated heterocycles. The number of cyclic esters (lactones) is 1. The molecule has 0 radical (unpaired) electrons. The fourth-order valence-corrected chi connectivity index (χ4v) is 4.15. The van der Waals surface area contributed by atoms with Crippen molar-refractivity contribution in [3.63, 3.8) is 0 Å². The Labute approximate surface area is 195 Å². The second kappa shape index (κ2) is 12.0. The molecule has 1 aromatic rings. The van der Waals surface area contributed by atoms with E-state index in [-0.39, 0.29) is 31.8 Å². The summed E-state index contributed by atoms with van der Waals surface area (Å²) in [5, 5.41) is 20.6. The van der Waals surface area contributed by atoms with Gasteiger partial charge < -0.3 is 19.7 Å². The average Bonchev–Trinajstić information content (AvgIpc) is 2.79. The van der Waals surface area contributed by atoms with Gasteiger partial charge in [0.05, 0.1) is 12.2 Å². The van der Waals surface area contributed by atoms with Crippen LogP contribution in [0.2, 0.25) is 0 Å². The lowest BCUT2D eigenvalue weighted by Crippen LogP contribution is -2.40. The molecule has 0 amide bonds. The number of benzene rings is 1. The zero-order chi connectivity index (χ0) is 24.8. The van der Waals surface area contributed by atoms with Crippen LogP contribution in [0.3, 0.4) is 0 Å². The lowest BCUT2D eigenvalue weighted by molar-refractivity contribution is -0.157. The van der Waals surface area contributed by atoms with E-state index in [1.807, 2.05) is 26.8 Å². The summed E-state index contributed by atoms with van der Waals surface area (Å²) < 4.78 is 40.5. The van der Waals surface area contributed by atoms with Gasteiger partial charge in [0.1, 0.15) is 12.3 Å². The molecule has 0 aromatic heterocycles. The normalized spacial score (nSPS) is 30.3. The summed E-state index contributed by atoms with van der Waals surface area (Å²) in [6.45, 7) is 7.37. The molecule has 1 heterocycles. The Balaban J connectivity index is 2.46. The Morgan fingerprint density at radius 1 is 1.33 bits per heavy atom. The number of methoxy groups -OCH3 is 1. The van der Waals surface area contributed by atoms with Crippen molar-refractivity contribution in [3.8, 4) is 0 Å². The van der Waals surface area contributed by atoms with Crippen molar-refractivity contribution < 1.29 is 33.3 Å². The molecule has 0 fully saturated rings. The summed E-state index contributed by atoms with van der Waals surface area (Å²) in [5.41, 5.74) is 1.29. The molecule has 0 saturated carbocycles. The molecule has 5 nitrogen and oxygen atoms in total. The van der Waals surface area contributed by atoms with Gasteiger partial charge in [0.15, 0.2) is 0 Å². The number of carbonyl (C=O) groups excluding carboxylic acids is 1. The van der Waals surface area contributed by atoms with Crippen LogP contribution in [0.5, 0.6) is 0 Å². The van der Waals surface area contributed by atoms with Crippen LogP contribution < -0.4 is 0 Å². The first-order valence-corrected chi connectivity index (χ1v) is 11.6. The van der Waals surface area contributed by atoms with Crippen molar-refractivity contribution in [2.24, 2.45) is 5.92 Å². The molecular formula is C26H38F2O5. The summed E-state index contributed by atoms with van der Waals surface area (Å²) in [7, 11) is 1.50. The lowest BCUT2D eigenvalue weighted by atomic mass is 9.76. The van der Waals surface area contributed by atoms with E-state index in [9.17, 15) is 23.8 Å². The summed E-state index contributed by atoms with van der Waals surface area (Å²) in [6, 6.07) is 7.02. The minimum atomic E-state index is -2.42. The molecule has 1 aromatic carbocycles. The zero-order valence-corrected chi connectivity index (χ0v) is 20.3. The van der Waals surface area contributed by atoms with Crippen molar-refractivity contribution in [2.75, 3.05) is 13.7 Å². The van der Waals surface area contributed by atoms with E-state index in [1.54, 1.807) is 31.2 Å². The molecule has 2 N–H and O–H groups in total. The summed E-state index contributed by atoms with van der Waals surface area (Å²) >= 11 is 0. The van der Waals surface area contributed by atoms with E-state index in [2.05, 4.69) is 0 Å². The minimum absolute atomic E-state index is 0.0782. The van der Waals surface area contributed by atoms with Crippen molar-refractivity contribution in [1.82, 2.24) is 0 Å². The number of alkyl halides is 2. The van der Waals surface area contributed by atoms with Gasteiger partial charge in [0.2, 0.25) is 6.17 Å². The molecule has 2 unspecified atom stereocenters. The molecule has 2 rings (SSSR count). The highest BCUT2D eigenvalue weighted by molar-refractivity contribution is 5.75. The van der Waals surface area contributed by atoms with Crippen LogP contribution in [0.4, 0.5) is 8.78 Å². The van der Waals surface area contributed by atoms with Crippen molar-refractivity contribution in [3.05, 3.63) is 47.0 Å². The van der Waals surface area contributed by atoms with Gasteiger partial charge in [0, 0.05) is 44.3 Å². The lowest BCUT2D eigenvalue weighted by Gasteiger charge is -2.35. The first kappa shape index (κ1) is 27.4. The number of esters is 1. The highest BCUT2D eigenvalue weighted by Gasteiger charge is 2.36. The maximum absolute atomic E-state index is 14.8. The first-order valence-electron chi connectivity index (χ1n) is 11.6. The quantitative estimate of drug-likeness (QED) is 0.500. The number of carbonyl (C=O) groups is 1. The fourth-order valence-electron chi connectivity index (χ4n) is 4.15. The van der Waals surface area contributed by atoms with Gasteiger partial charge >= 0.3 is 5.97 Å². The average molecular weight is 469 g/mol. The Kier molecular flexibility index (Phi) is 10.0. The molecular weight excluding hydrogens is 430 g/mol. The van der Waals surface area contributed by atoms with E-state index >= 15 is 0 Å². The number of rotatable bonds is 5. The van der Waals surface area contributed by atoms with Crippen molar-refractivity contribution in [2.45, 2.75) is 89.4 Å². The zero-order valence-electron chi connectivity index (χ0n) is 20.3. The maximum Gasteiger partial charge on any atom is 0.344 e. The van der Waals surface area contributed by atoms with E-state index in [0.717, 1.165) is 5.56 Å². The second-order valence-corrected chi connectivity index (χ2v) is 9.58. The molecule has 33 heavy (non-hydrogen) atoms.